The van der Waals surface area contributed by atoms with Crippen LogP contribution in [0.15, 0.2) is 72.6 Å². The van der Waals surface area contributed by atoms with Crippen molar-refractivity contribution in [2.24, 2.45) is 0 Å². The molecule has 1 N–H and O–H groups in total. The Bertz CT molecular complexity index is 989. The highest BCUT2D eigenvalue weighted by Crippen LogP contribution is 2.24. The summed E-state index contributed by atoms with van der Waals surface area (Å²) >= 11 is 0. The highest BCUT2D eigenvalue weighted by molar-refractivity contribution is 5.79. The van der Waals surface area contributed by atoms with Crippen LogP contribution >= 0.6 is 0 Å². The van der Waals surface area contributed by atoms with E-state index in [0.717, 1.165) is 28.8 Å². The lowest BCUT2D eigenvalue weighted by Gasteiger charge is -2.25. The molecule has 4 rings (SSSR count). The maximum Gasteiger partial charge on any atom is 0.137 e. The summed E-state index contributed by atoms with van der Waals surface area (Å²) in [6, 6.07) is 12.0. The first kappa shape index (κ1) is 18.5. The van der Waals surface area contributed by atoms with Crippen LogP contribution in [0.3, 0.4) is 0 Å². The molecule has 2 heterocycles. The van der Waals surface area contributed by atoms with Crippen molar-refractivity contribution < 1.29 is 14.2 Å². The predicted octanol–water partition coefficient (Wildman–Crippen LogP) is 4.21. The first-order valence-corrected chi connectivity index (χ1v) is 9.34. The van der Waals surface area contributed by atoms with Gasteiger partial charge in [0, 0.05) is 24.9 Å². The Kier molecular flexibility index (Phi) is 5.55. The zero-order valence-corrected chi connectivity index (χ0v) is 16.1. The SMILES string of the molecule is COc1ccc(COC2C=CC(Cc3c[nH]c4ncccc34)=CC2OC)cc1. The fourth-order valence-corrected chi connectivity index (χ4v) is 3.45. The fourth-order valence-electron chi connectivity index (χ4n) is 3.45. The molecule has 3 aromatic rings. The van der Waals surface area contributed by atoms with Crippen LogP contribution in [-0.2, 0) is 22.5 Å². The number of allylic oxidation sites excluding steroid dienone is 2. The van der Waals surface area contributed by atoms with Gasteiger partial charge in [0.1, 0.15) is 23.6 Å². The molecule has 2 unspecified atom stereocenters. The Morgan fingerprint density at radius 3 is 2.71 bits per heavy atom. The monoisotopic (exact) mass is 376 g/mol. The predicted molar refractivity (Wildman–Crippen MR) is 109 cm³/mol. The number of pyridine rings is 1. The van der Waals surface area contributed by atoms with Crippen LogP contribution in [0.2, 0.25) is 0 Å². The van der Waals surface area contributed by atoms with Crippen molar-refractivity contribution in [3.63, 3.8) is 0 Å². The van der Waals surface area contributed by atoms with Gasteiger partial charge < -0.3 is 19.2 Å². The quantitative estimate of drug-likeness (QED) is 0.671. The van der Waals surface area contributed by atoms with Crippen LogP contribution in [0.4, 0.5) is 0 Å². The molecule has 5 heteroatoms. The minimum absolute atomic E-state index is 0.110. The third-order valence-electron chi connectivity index (χ3n) is 5.01. The Morgan fingerprint density at radius 1 is 1.07 bits per heavy atom. The van der Waals surface area contributed by atoms with Gasteiger partial charge in [-0.1, -0.05) is 24.3 Å². The molecule has 2 aromatic heterocycles. The number of rotatable bonds is 7. The summed E-state index contributed by atoms with van der Waals surface area (Å²) in [7, 11) is 3.38. The average molecular weight is 376 g/mol. The van der Waals surface area contributed by atoms with E-state index in [-0.39, 0.29) is 12.2 Å². The van der Waals surface area contributed by atoms with E-state index in [4.69, 9.17) is 14.2 Å². The van der Waals surface area contributed by atoms with Crippen molar-refractivity contribution in [1.29, 1.82) is 0 Å². The highest BCUT2D eigenvalue weighted by atomic mass is 16.5. The molecule has 1 aromatic carbocycles. The van der Waals surface area contributed by atoms with Crippen LogP contribution in [0, 0.1) is 0 Å². The lowest BCUT2D eigenvalue weighted by atomic mass is 9.96. The number of hydrogen-bond donors (Lipinski definition) is 1. The van der Waals surface area contributed by atoms with Gasteiger partial charge in [-0.25, -0.2) is 4.98 Å². The summed E-state index contributed by atoms with van der Waals surface area (Å²) < 4.78 is 17.0. The number of benzene rings is 1. The molecule has 0 radical (unpaired) electrons. The van der Waals surface area contributed by atoms with Gasteiger partial charge in [-0.3, -0.25) is 0 Å². The lowest BCUT2D eigenvalue weighted by Crippen LogP contribution is -2.29. The van der Waals surface area contributed by atoms with Crippen molar-refractivity contribution in [3.05, 3.63) is 83.7 Å². The van der Waals surface area contributed by atoms with Gasteiger partial charge in [0.05, 0.1) is 13.7 Å². The van der Waals surface area contributed by atoms with E-state index >= 15 is 0 Å². The van der Waals surface area contributed by atoms with Gasteiger partial charge in [0.25, 0.3) is 0 Å². The molecule has 0 spiro atoms. The van der Waals surface area contributed by atoms with Crippen molar-refractivity contribution in [3.8, 4) is 5.75 Å². The molecule has 5 nitrogen and oxygen atoms in total. The fraction of sp³-hybridized carbons (Fsp3) is 0.261. The van der Waals surface area contributed by atoms with Crippen molar-refractivity contribution in [2.45, 2.75) is 25.2 Å². The number of ether oxygens (including phenoxy) is 3. The summed E-state index contributed by atoms with van der Waals surface area (Å²) in [5, 5.41) is 1.16. The number of aromatic amines is 1. The summed E-state index contributed by atoms with van der Waals surface area (Å²) in [5.41, 5.74) is 4.46. The number of hydrogen-bond acceptors (Lipinski definition) is 4. The maximum absolute atomic E-state index is 6.09. The first-order chi connectivity index (χ1) is 13.8. The number of nitrogens with one attached hydrogen (secondary N) is 1. The molecule has 0 aliphatic heterocycles. The second-order valence-corrected chi connectivity index (χ2v) is 6.81. The third-order valence-corrected chi connectivity index (χ3v) is 5.01. The number of H-pyrrole nitrogens is 1. The third kappa shape index (κ3) is 4.01. The standard InChI is InChI=1S/C23H24N2O3/c1-26-19-8-5-16(6-9-19)15-28-21-10-7-17(13-22(21)27-2)12-18-14-25-23-20(18)4-3-11-24-23/h3-11,13-14,21-22H,12,15H2,1-2H3,(H,24,25). The van der Waals surface area contributed by atoms with Gasteiger partial charge in [-0.15, -0.1) is 0 Å². The van der Waals surface area contributed by atoms with Crippen molar-refractivity contribution >= 4 is 11.0 Å². The second kappa shape index (κ2) is 8.42. The number of fused-ring (bicyclic) bond motifs is 1. The molecule has 0 saturated heterocycles. The largest absolute Gasteiger partial charge is 0.497 e. The normalized spacial score (nSPS) is 19.0. The zero-order chi connectivity index (χ0) is 19.3. The molecule has 0 bridgehead atoms. The highest BCUT2D eigenvalue weighted by Gasteiger charge is 2.22. The molecule has 0 fully saturated rings. The van der Waals surface area contributed by atoms with E-state index in [0.29, 0.717) is 6.61 Å². The molecule has 0 saturated carbocycles. The first-order valence-electron chi connectivity index (χ1n) is 9.34. The van der Waals surface area contributed by atoms with E-state index in [9.17, 15) is 0 Å². The van der Waals surface area contributed by atoms with E-state index in [1.165, 1.54) is 11.1 Å². The minimum atomic E-state index is -0.111. The van der Waals surface area contributed by atoms with Gasteiger partial charge in [-0.05, 0) is 53.5 Å². The van der Waals surface area contributed by atoms with Gasteiger partial charge in [0.15, 0.2) is 0 Å². The topological polar surface area (TPSA) is 56.4 Å². The second-order valence-electron chi connectivity index (χ2n) is 6.81. The van der Waals surface area contributed by atoms with Crippen LogP contribution < -0.4 is 4.74 Å². The van der Waals surface area contributed by atoms with Crippen LogP contribution in [0.25, 0.3) is 11.0 Å². The number of methoxy groups -OCH3 is 2. The Balaban J connectivity index is 1.41. The average Bonchev–Trinajstić information content (AvgIpc) is 3.16. The van der Waals surface area contributed by atoms with Gasteiger partial charge in [0.2, 0.25) is 0 Å². The van der Waals surface area contributed by atoms with Crippen molar-refractivity contribution in [2.75, 3.05) is 14.2 Å². The van der Waals surface area contributed by atoms with Gasteiger partial charge >= 0.3 is 0 Å². The molecule has 144 valence electrons. The Labute approximate surface area is 164 Å². The Hall–Kier alpha value is -2.89. The molecule has 1 aliphatic carbocycles. The smallest absolute Gasteiger partial charge is 0.137 e. The van der Waals surface area contributed by atoms with Crippen LogP contribution in [0.5, 0.6) is 5.75 Å². The molecule has 2 atom stereocenters. The number of nitrogens with zero attached hydrogens (tertiary/aromatic N) is 1. The summed E-state index contributed by atoms with van der Waals surface area (Å²) in [6.45, 7) is 0.524. The van der Waals surface area contributed by atoms with Crippen LogP contribution in [-0.4, -0.2) is 36.4 Å². The van der Waals surface area contributed by atoms with Crippen LogP contribution in [0.1, 0.15) is 11.1 Å². The summed E-state index contributed by atoms with van der Waals surface area (Å²) in [6.07, 6.45) is 10.8. The van der Waals surface area contributed by atoms with E-state index in [2.05, 4.69) is 34.3 Å². The molecular weight excluding hydrogens is 352 g/mol. The minimum Gasteiger partial charge on any atom is -0.497 e. The lowest BCUT2D eigenvalue weighted by molar-refractivity contribution is -0.0190. The molecule has 0 amide bonds. The molecular formula is C23H24N2O3. The van der Waals surface area contributed by atoms with E-state index < -0.39 is 0 Å². The van der Waals surface area contributed by atoms with E-state index in [1.54, 1.807) is 20.4 Å². The molecule has 1 aliphatic rings. The zero-order valence-electron chi connectivity index (χ0n) is 16.1. The molecule has 28 heavy (non-hydrogen) atoms. The summed E-state index contributed by atoms with van der Waals surface area (Å²) in [4.78, 5) is 7.59. The summed E-state index contributed by atoms with van der Waals surface area (Å²) in [5.74, 6) is 0.844. The van der Waals surface area contributed by atoms with Gasteiger partial charge in [-0.2, -0.15) is 0 Å². The maximum atomic E-state index is 6.09. The van der Waals surface area contributed by atoms with Crippen molar-refractivity contribution in [1.82, 2.24) is 9.97 Å². The Morgan fingerprint density at radius 2 is 1.93 bits per heavy atom. The van der Waals surface area contributed by atoms with E-state index in [1.807, 2.05) is 36.5 Å². The number of aromatic nitrogens is 2.